The SMILES string of the molecule is O=[N+]([O-])c1cc(S(=O)(=O)N2CCCC2CO)ccc1O. The first kappa shape index (κ1) is 14.7. The van der Waals surface area contributed by atoms with Crippen molar-refractivity contribution in [3.8, 4) is 5.75 Å². The van der Waals surface area contributed by atoms with Gasteiger partial charge in [-0.2, -0.15) is 4.31 Å². The maximum absolute atomic E-state index is 12.4. The second kappa shape index (κ2) is 5.35. The summed E-state index contributed by atoms with van der Waals surface area (Å²) in [6.07, 6.45) is 1.18. The lowest BCUT2D eigenvalue weighted by Gasteiger charge is -2.22. The van der Waals surface area contributed by atoms with Gasteiger partial charge in [-0.25, -0.2) is 8.42 Å². The first-order valence-corrected chi connectivity index (χ1v) is 7.42. The molecule has 8 nitrogen and oxygen atoms in total. The molecule has 0 radical (unpaired) electrons. The van der Waals surface area contributed by atoms with Gasteiger partial charge in [-0.1, -0.05) is 0 Å². The standard InChI is InChI=1S/C11H14N2O6S/c14-7-8-2-1-5-12(8)20(18,19)9-3-4-11(15)10(6-9)13(16)17/h3-4,6,8,14-15H,1-2,5,7H2. The molecule has 1 heterocycles. The number of hydrogen-bond acceptors (Lipinski definition) is 6. The topological polar surface area (TPSA) is 121 Å². The van der Waals surface area contributed by atoms with Crippen LogP contribution in [0.3, 0.4) is 0 Å². The Kier molecular flexibility index (Phi) is 3.93. The average Bonchev–Trinajstić information content (AvgIpc) is 2.87. The minimum atomic E-state index is -3.91. The van der Waals surface area contributed by atoms with E-state index in [0.717, 1.165) is 22.5 Å². The van der Waals surface area contributed by atoms with E-state index in [1.165, 1.54) is 0 Å². The van der Waals surface area contributed by atoms with Gasteiger partial charge >= 0.3 is 5.69 Å². The largest absolute Gasteiger partial charge is 0.502 e. The van der Waals surface area contributed by atoms with Gasteiger partial charge in [0.1, 0.15) is 0 Å². The van der Waals surface area contributed by atoms with Crippen molar-refractivity contribution < 1.29 is 23.6 Å². The van der Waals surface area contributed by atoms with Crippen LogP contribution in [-0.2, 0) is 10.0 Å². The van der Waals surface area contributed by atoms with E-state index in [0.29, 0.717) is 12.8 Å². The van der Waals surface area contributed by atoms with E-state index in [9.17, 15) is 28.7 Å². The molecule has 0 aliphatic carbocycles. The number of phenols is 1. The van der Waals surface area contributed by atoms with Crippen LogP contribution in [0.25, 0.3) is 0 Å². The summed E-state index contributed by atoms with van der Waals surface area (Å²) in [5.41, 5.74) is -0.661. The van der Waals surface area contributed by atoms with E-state index in [4.69, 9.17) is 0 Å². The summed E-state index contributed by atoms with van der Waals surface area (Å²) in [7, 11) is -3.91. The van der Waals surface area contributed by atoms with Crippen molar-refractivity contribution in [1.82, 2.24) is 4.31 Å². The van der Waals surface area contributed by atoms with Gasteiger partial charge in [0, 0.05) is 18.7 Å². The monoisotopic (exact) mass is 302 g/mol. The molecule has 1 saturated heterocycles. The van der Waals surface area contributed by atoms with Crippen LogP contribution in [0.15, 0.2) is 23.1 Å². The lowest BCUT2D eigenvalue weighted by Crippen LogP contribution is -2.37. The highest BCUT2D eigenvalue weighted by Crippen LogP contribution is 2.32. The van der Waals surface area contributed by atoms with Crippen LogP contribution >= 0.6 is 0 Å². The van der Waals surface area contributed by atoms with E-state index in [2.05, 4.69) is 0 Å². The van der Waals surface area contributed by atoms with Gasteiger partial charge in [-0.3, -0.25) is 10.1 Å². The van der Waals surface area contributed by atoms with Crippen LogP contribution in [0.1, 0.15) is 12.8 Å². The summed E-state index contributed by atoms with van der Waals surface area (Å²) in [4.78, 5) is 9.63. The molecular weight excluding hydrogens is 288 g/mol. The molecule has 1 aliphatic rings. The molecule has 0 spiro atoms. The van der Waals surface area contributed by atoms with Crippen LogP contribution in [0, 0.1) is 10.1 Å². The third-order valence-corrected chi connectivity index (χ3v) is 5.23. The number of nitrogens with zero attached hydrogens (tertiary/aromatic N) is 2. The van der Waals surface area contributed by atoms with E-state index < -0.39 is 32.4 Å². The van der Waals surface area contributed by atoms with Crippen LogP contribution in [-0.4, -0.2) is 47.1 Å². The number of phenolic OH excluding ortho intramolecular Hbond substituents is 1. The zero-order chi connectivity index (χ0) is 14.9. The minimum Gasteiger partial charge on any atom is -0.502 e. The second-order valence-electron chi connectivity index (χ2n) is 4.50. The molecule has 0 aromatic heterocycles. The lowest BCUT2D eigenvalue weighted by atomic mass is 10.2. The molecular formula is C11H14N2O6S. The third-order valence-electron chi connectivity index (χ3n) is 3.28. The van der Waals surface area contributed by atoms with Crippen LogP contribution in [0.5, 0.6) is 5.75 Å². The quantitative estimate of drug-likeness (QED) is 0.615. The van der Waals surface area contributed by atoms with Crippen molar-refractivity contribution in [2.75, 3.05) is 13.2 Å². The van der Waals surface area contributed by atoms with Gasteiger partial charge in [0.15, 0.2) is 5.75 Å². The Bertz CT molecular complexity index is 630. The van der Waals surface area contributed by atoms with Gasteiger partial charge in [-0.05, 0) is 25.0 Å². The van der Waals surface area contributed by atoms with E-state index >= 15 is 0 Å². The molecule has 2 N–H and O–H groups in total. The summed E-state index contributed by atoms with van der Waals surface area (Å²) in [6.45, 7) is -0.0261. The normalized spacial score (nSPS) is 20.1. The van der Waals surface area contributed by atoms with Gasteiger partial charge < -0.3 is 10.2 Å². The molecule has 0 saturated carbocycles. The number of nitro benzene ring substituents is 1. The van der Waals surface area contributed by atoms with Crippen molar-refractivity contribution in [3.05, 3.63) is 28.3 Å². The highest BCUT2D eigenvalue weighted by atomic mass is 32.2. The third kappa shape index (κ3) is 2.47. The molecule has 2 rings (SSSR count). The zero-order valence-electron chi connectivity index (χ0n) is 10.5. The average molecular weight is 302 g/mol. The summed E-state index contributed by atoms with van der Waals surface area (Å²) < 4.78 is 25.9. The maximum Gasteiger partial charge on any atom is 0.312 e. The first-order chi connectivity index (χ1) is 9.37. The smallest absolute Gasteiger partial charge is 0.312 e. The van der Waals surface area contributed by atoms with Crippen molar-refractivity contribution in [2.24, 2.45) is 0 Å². The molecule has 1 fully saturated rings. The fraction of sp³-hybridized carbons (Fsp3) is 0.455. The number of aliphatic hydroxyl groups is 1. The summed E-state index contributed by atoms with van der Waals surface area (Å²) in [5.74, 6) is -0.589. The second-order valence-corrected chi connectivity index (χ2v) is 6.39. The molecule has 1 aromatic carbocycles. The predicted octanol–water partition coefficient (Wildman–Crippen LogP) is 0.446. The number of hydrogen-bond donors (Lipinski definition) is 2. The molecule has 9 heteroatoms. The van der Waals surface area contributed by atoms with Gasteiger partial charge in [0.05, 0.1) is 16.4 Å². The number of aromatic hydroxyl groups is 1. The molecule has 20 heavy (non-hydrogen) atoms. The minimum absolute atomic E-state index is 0.262. The van der Waals surface area contributed by atoms with E-state index in [-0.39, 0.29) is 18.0 Å². The van der Waals surface area contributed by atoms with Crippen molar-refractivity contribution in [3.63, 3.8) is 0 Å². The molecule has 1 aromatic rings. The molecule has 0 amide bonds. The Morgan fingerprint density at radius 2 is 2.15 bits per heavy atom. The number of benzene rings is 1. The molecule has 1 atom stereocenters. The predicted molar refractivity (Wildman–Crippen MR) is 68.8 cm³/mol. The van der Waals surface area contributed by atoms with Crippen LogP contribution in [0.2, 0.25) is 0 Å². The Hall–Kier alpha value is -1.71. The molecule has 0 bridgehead atoms. The fourth-order valence-electron chi connectivity index (χ4n) is 2.25. The Labute approximate surface area is 115 Å². The van der Waals surface area contributed by atoms with E-state index in [1.54, 1.807) is 0 Å². The van der Waals surface area contributed by atoms with Crippen LogP contribution < -0.4 is 0 Å². The number of nitro groups is 1. The number of aliphatic hydroxyl groups excluding tert-OH is 1. The van der Waals surface area contributed by atoms with E-state index in [1.807, 2.05) is 0 Å². The first-order valence-electron chi connectivity index (χ1n) is 5.98. The summed E-state index contributed by atoms with van der Waals surface area (Å²) in [5, 5.41) is 29.3. The van der Waals surface area contributed by atoms with Gasteiger partial charge in [0.2, 0.25) is 10.0 Å². The zero-order valence-corrected chi connectivity index (χ0v) is 11.3. The van der Waals surface area contributed by atoms with Crippen LogP contribution in [0.4, 0.5) is 5.69 Å². The maximum atomic E-state index is 12.4. The number of sulfonamides is 1. The number of rotatable bonds is 4. The molecule has 1 aliphatic heterocycles. The van der Waals surface area contributed by atoms with Crippen molar-refractivity contribution in [1.29, 1.82) is 0 Å². The highest BCUT2D eigenvalue weighted by Gasteiger charge is 2.35. The van der Waals surface area contributed by atoms with Crippen molar-refractivity contribution in [2.45, 2.75) is 23.8 Å². The highest BCUT2D eigenvalue weighted by molar-refractivity contribution is 7.89. The fourth-order valence-corrected chi connectivity index (χ4v) is 3.96. The molecule has 110 valence electrons. The lowest BCUT2D eigenvalue weighted by molar-refractivity contribution is -0.386. The Morgan fingerprint density at radius 3 is 2.75 bits per heavy atom. The summed E-state index contributed by atoms with van der Waals surface area (Å²) in [6, 6.07) is 2.42. The Morgan fingerprint density at radius 1 is 1.45 bits per heavy atom. The van der Waals surface area contributed by atoms with Gasteiger partial charge in [-0.15, -0.1) is 0 Å². The molecule has 1 unspecified atom stereocenters. The Balaban J connectivity index is 2.44. The van der Waals surface area contributed by atoms with Gasteiger partial charge in [0.25, 0.3) is 0 Å². The van der Waals surface area contributed by atoms with Crippen molar-refractivity contribution >= 4 is 15.7 Å². The summed E-state index contributed by atoms with van der Waals surface area (Å²) >= 11 is 0.